The average Bonchev–Trinajstić information content (AvgIpc) is 3.24. The molecule has 1 aromatic heterocycles. The Balaban J connectivity index is 1.56. The van der Waals surface area contributed by atoms with Crippen molar-refractivity contribution in [2.45, 2.75) is 63.8 Å². The van der Waals surface area contributed by atoms with Gasteiger partial charge in [-0.2, -0.15) is 9.40 Å². The number of benzene rings is 2. The summed E-state index contributed by atoms with van der Waals surface area (Å²) in [5.74, 6) is -2.13. The van der Waals surface area contributed by atoms with Crippen LogP contribution < -0.4 is 0 Å². The van der Waals surface area contributed by atoms with Crippen LogP contribution in [0.25, 0.3) is 0 Å². The van der Waals surface area contributed by atoms with Gasteiger partial charge in [-0.25, -0.2) is 17.2 Å². The quantitative estimate of drug-likeness (QED) is 0.438. The highest BCUT2D eigenvalue weighted by atomic mass is 32.2. The van der Waals surface area contributed by atoms with Crippen molar-refractivity contribution in [3.05, 3.63) is 88.2 Å². The van der Waals surface area contributed by atoms with E-state index in [-0.39, 0.29) is 35.9 Å². The second-order valence-electron chi connectivity index (χ2n) is 9.32. The zero-order valence-corrected chi connectivity index (χ0v) is 20.8. The Morgan fingerprint density at radius 1 is 1.17 bits per heavy atom. The van der Waals surface area contributed by atoms with Crippen molar-refractivity contribution >= 4 is 15.8 Å². The molecular weight excluding hydrogens is 472 g/mol. The third-order valence-electron chi connectivity index (χ3n) is 6.84. The molecule has 0 radical (unpaired) electrons. The van der Waals surface area contributed by atoms with E-state index in [1.165, 1.54) is 10.5 Å². The molecule has 1 fully saturated rings. The van der Waals surface area contributed by atoms with Gasteiger partial charge in [0.2, 0.25) is 10.0 Å². The molecule has 1 unspecified atom stereocenters. The summed E-state index contributed by atoms with van der Waals surface area (Å²) in [7, 11) is -3.78. The van der Waals surface area contributed by atoms with Gasteiger partial charge in [0.25, 0.3) is 0 Å². The lowest BCUT2D eigenvalue weighted by Gasteiger charge is -2.37. The molecule has 2 aromatic carbocycles. The second-order valence-corrected chi connectivity index (χ2v) is 11.4. The average molecular weight is 502 g/mol. The van der Waals surface area contributed by atoms with Crippen LogP contribution in [0.5, 0.6) is 0 Å². The summed E-state index contributed by atoms with van der Waals surface area (Å²) in [6, 6.07) is 10.8. The number of carbonyl (C=O) groups is 1. The summed E-state index contributed by atoms with van der Waals surface area (Å²) in [6.45, 7) is 4.91. The van der Waals surface area contributed by atoms with Crippen LogP contribution in [-0.2, 0) is 16.6 Å². The lowest BCUT2D eigenvalue weighted by Crippen LogP contribution is -2.44. The number of nitrogens with one attached hydrogen (secondary N) is 1. The van der Waals surface area contributed by atoms with Gasteiger partial charge in [0.1, 0.15) is 16.9 Å². The van der Waals surface area contributed by atoms with E-state index in [4.69, 9.17) is 0 Å². The first-order valence-electron chi connectivity index (χ1n) is 11.7. The number of aryl methyl sites for hydroxylation is 1. The Morgan fingerprint density at radius 2 is 1.89 bits per heavy atom. The van der Waals surface area contributed by atoms with Crippen LogP contribution in [0.15, 0.2) is 48.7 Å². The third kappa shape index (κ3) is 5.06. The predicted octanol–water partition coefficient (Wildman–Crippen LogP) is 5.43. The molecule has 9 heteroatoms. The number of aromatic nitrogens is 2. The topological polar surface area (TPSA) is 83.1 Å². The predicted molar refractivity (Wildman–Crippen MR) is 129 cm³/mol. The van der Waals surface area contributed by atoms with Gasteiger partial charge < -0.3 is 0 Å². The van der Waals surface area contributed by atoms with Crippen LogP contribution in [0.1, 0.15) is 77.0 Å². The van der Waals surface area contributed by atoms with Crippen LogP contribution in [-0.4, -0.2) is 34.7 Å². The van der Waals surface area contributed by atoms with Gasteiger partial charge in [-0.3, -0.25) is 9.89 Å². The molecule has 0 amide bonds. The van der Waals surface area contributed by atoms with Crippen molar-refractivity contribution in [3.8, 4) is 0 Å². The Hall–Kier alpha value is -2.91. The molecule has 35 heavy (non-hydrogen) atoms. The van der Waals surface area contributed by atoms with Crippen molar-refractivity contribution in [3.63, 3.8) is 0 Å². The minimum atomic E-state index is -3.78. The normalized spacial score (nSPS) is 21.1. The number of halogens is 2. The molecule has 1 N–H and O–H groups in total. The number of hydrogen-bond donors (Lipinski definition) is 1. The van der Waals surface area contributed by atoms with E-state index >= 15 is 8.78 Å². The van der Waals surface area contributed by atoms with E-state index in [1.54, 1.807) is 45.0 Å². The number of nitrogens with zero attached hydrogens (tertiary/aromatic N) is 2. The molecule has 0 spiro atoms. The molecule has 0 saturated carbocycles. The van der Waals surface area contributed by atoms with Gasteiger partial charge in [-0.15, -0.1) is 0 Å². The smallest absolute Gasteiger partial charge is 0.221 e. The maximum atomic E-state index is 15.1. The van der Waals surface area contributed by atoms with Crippen LogP contribution in [0.4, 0.5) is 8.78 Å². The number of hydrogen-bond acceptors (Lipinski definition) is 4. The zero-order chi connectivity index (χ0) is 25.3. The van der Waals surface area contributed by atoms with Crippen molar-refractivity contribution < 1.29 is 22.0 Å². The first-order valence-corrected chi connectivity index (χ1v) is 13.2. The molecule has 186 valence electrons. The second kappa shape index (κ2) is 9.99. The van der Waals surface area contributed by atoms with Crippen LogP contribution in [0.2, 0.25) is 0 Å². The van der Waals surface area contributed by atoms with Crippen molar-refractivity contribution in [1.29, 1.82) is 0 Å². The van der Waals surface area contributed by atoms with E-state index in [9.17, 15) is 13.2 Å². The van der Waals surface area contributed by atoms with Gasteiger partial charge in [-0.1, -0.05) is 37.3 Å². The Kier molecular flexibility index (Phi) is 7.19. The van der Waals surface area contributed by atoms with E-state index in [0.29, 0.717) is 29.7 Å². The third-order valence-corrected chi connectivity index (χ3v) is 9.21. The monoisotopic (exact) mass is 501 g/mol. The fourth-order valence-corrected chi connectivity index (χ4v) is 6.94. The van der Waals surface area contributed by atoms with E-state index in [2.05, 4.69) is 10.2 Å². The highest BCUT2D eigenvalue weighted by molar-refractivity contribution is 7.89. The highest BCUT2D eigenvalue weighted by Crippen LogP contribution is 2.38. The zero-order valence-electron chi connectivity index (χ0n) is 20.0. The van der Waals surface area contributed by atoms with Gasteiger partial charge in [0.05, 0.1) is 11.8 Å². The first kappa shape index (κ1) is 25.2. The first-order chi connectivity index (χ1) is 16.6. The molecule has 0 aliphatic carbocycles. The number of aromatic amines is 1. The highest BCUT2D eigenvalue weighted by Gasteiger charge is 2.40. The van der Waals surface area contributed by atoms with E-state index in [0.717, 1.165) is 12.1 Å². The Bertz CT molecular complexity index is 1320. The molecule has 2 heterocycles. The number of sulfonamides is 1. The summed E-state index contributed by atoms with van der Waals surface area (Å²) in [5, 5.41) is 5.81. The van der Waals surface area contributed by atoms with Crippen molar-refractivity contribution in [2.75, 3.05) is 0 Å². The molecule has 6 nitrogen and oxygen atoms in total. The van der Waals surface area contributed by atoms with Crippen LogP contribution >= 0.6 is 0 Å². The molecule has 0 bridgehead atoms. The fraction of sp³-hybridized carbons (Fsp3) is 0.385. The molecule has 4 rings (SSSR count). The summed E-state index contributed by atoms with van der Waals surface area (Å²) in [4.78, 5) is 12.5. The lowest BCUT2D eigenvalue weighted by atomic mass is 9.92. The van der Waals surface area contributed by atoms with Gasteiger partial charge in [0.15, 0.2) is 5.78 Å². The van der Waals surface area contributed by atoms with Gasteiger partial charge in [0, 0.05) is 30.3 Å². The molecule has 3 aromatic rings. The number of H-pyrrole nitrogens is 1. The standard InChI is InChI=1S/C26H29F2N3O3S/c1-16(11-25(32)22-14-29-30-18(22)3)21-13-23(27)20(12-24(21)28)15-31-17(2)9-10-26(35(31,33)34)19-7-5-4-6-8-19/h4-8,12-14,16-17,26H,9-11,15H2,1-3H3,(H,29,30)/t16?,17-,26+/m1/s1. The van der Waals surface area contributed by atoms with Crippen molar-refractivity contribution in [1.82, 2.24) is 14.5 Å². The SMILES string of the molecule is Cc1[nH]ncc1C(=O)CC(C)c1cc(F)c(CN2[C@H](C)CC[C@@H](c3ccccc3)S2(=O)=O)cc1F. The van der Waals surface area contributed by atoms with Gasteiger partial charge in [-0.05, 0) is 55.9 Å². The largest absolute Gasteiger partial charge is 0.294 e. The molecule has 1 saturated heterocycles. The molecule has 1 aliphatic rings. The maximum absolute atomic E-state index is 15.1. The lowest BCUT2D eigenvalue weighted by molar-refractivity contribution is 0.0974. The van der Waals surface area contributed by atoms with Gasteiger partial charge >= 0.3 is 0 Å². The summed E-state index contributed by atoms with van der Waals surface area (Å²) < 4.78 is 58.3. The van der Waals surface area contributed by atoms with E-state index < -0.39 is 32.8 Å². The number of ketones is 1. The summed E-state index contributed by atoms with van der Waals surface area (Å²) in [5.41, 5.74) is 1.79. The Labute approximate surface area is 204 Å². The number of rotatable bonds is 7. The summed E-state index contributed by atoms with van der Waals surface area (Å²) in [6.07, 6.45) is 2.51. The molecule has 3 atom stereocenters. The minimum absolute atomic E-state index is 0.00757. The number of Topliss-reactive ketones (excluding diaryl/α,β-unsaturated/α-hetero) is 1. The van der Waals surface area contributed by atoms with Crippen LogP contribution in [0.3, 0.4) is 0 Å². The van der Waals surface area contributed by atoms with E-state index in [1.807, 2.05) is 6.07 Å². The number of carbonyl (C=O) groups excluding carboxylic acids is 1. The fourth-order valence-electron chi connectivity index (χ4n) is 4.75. The molecule has 1 aliphatic heterocycles. The Morgan fingerprint density at radius 3 is 2.54 bits per heavy atom. The summed E-state index contributed by atoms with van der Waals surface area (Å²) >= 11 is 0. The maximum Gasteiger partial charge on any atom is 0.221 e. The molecular formula is C26H29F2N3O3S. The minimum Gasteiger partial charge on any atom is -0.294 e. The van der Waals surface area contributed by atoms with Crippen LogP contribution in [0, 0.1) is 18.6 Å². The van der Waals surface area contributed by atoms with Crippen molar-refractivity contribution in [2.24, 2.45) is 0 Å².